The maximum atomic E-state index is 12.5. The van der Waals surface area contributed by atoms with Crippen LogP contribution < -0.4 is 0 Å². The molecule has 24 heavy (non-hydrogen) atoms. The van der Waals surface area contributed by atoms with E-state index in [2.05, 4.69) is 10.6 Å². The summed E-state index contributed by atoms with van der Waals surface area (Å²) in [6, 6.07) is 5.45. The van der Waals surface area contributed by atoms with Crippen LogP contribution in [0.1, 0.15) is 27.5 Å². The number of aryl methyl sites for hydroxylation is 1. The monoisotopic (exact) mass is 329 g/mol. The van der Waals surface area contributed by atoms with Crippen molar-refractivity contribution in [2.75, 3.05) is 26.2 Å². The highest BCUT2D eigenvalue weighted by Crippen LogP contribution is 2.16. The summed E-state index contributed by atoms with van der Waals surface area (Å²) in [6.45, 7) is 6.29. The Morgan fingerprint density at radius 2 is 1.79 bits per heavy atom. The molecule has 1 aliphatic heterocycles. The zero-order valence-corrected chi connectivity index (χ0v) is 14.4. The smallest absolute Gasteiger partial charge is 0.289 e. The molecule has 0 unspecified atom stereocenters. The van der Waals surface area contributed by atoms with Crippen LogP contribution >= 0.6 is 0 Å². The molecule has 1 saturated heterocycles. The fourth-order valence-electron chi connectivity index (χ4n) is 3.10. The van der Waals surface area contributed by atoms with Crippen molar-refractivity contribution >= 4 is 11.8 Å². The van der Waals surface area contributed by atoms with E-state index in [9.17, 15) is 9.59 Å². The minimum Gasteiger partial charge on any atom is -0.459 e. The maximum Gasteiger partial charge on any atom is 0.289 e. The summed E-state index contributed by atoms with van der Waals surface area (Å²) >= 11 is 0. The lowest BCUT2D eigenvalue weighted by Crippen LogP contribution is -2.50. The third kappa shape index (κ3) is 3.09. The first-order valence-corrected chi connectivity index (χ1v) is 8.19. The second-order valence-corrected chi connectivity index (χ2v) is 6.28. The molecule has 2 aromatic heterocycles. The molecule has 1 fully saturated rings. The SMILES string of the molecule is Cc1cc(CC(=O)N2CCN(C(=O)c3ccco3)CC2)c(C)n1C. The molecule has 128 valence electrons. The Labute approximate surface area is 141 Å². The first-order valence-electron chi connectivity index (χ1n) is 8.19. The van der Waals surface area contributed by atoms with Crippen LogP contribution in [0.3, 0.4) is 0 Å². The van der Waals surface area contributed by atoms with E-state index in [-0.39, 0.29) is 11.8 Å². The molecule has 2 aromatic rings. The Morgan fingerprint density at radius 3 is 2.33 bits per heavy atom. The first-order chi connectivity index (χ1) is 11.5. The van der Waals surface area contributed by atoms with Gasteiger partial charge in [-0.25, -0.2) is 0 Å². The van der Waals surface area contributed by atoms with Crippen LogP contribution in [0, 0.1) is 13.8 Å². The second kappa shape index (κ2) is 6.55. The number of hydrogen-bond donors (Lipinski definition) is 0. The van der Waals surface area contributed by atoms with Crippen molar-refractivity contribution in [3.8, 4) is 0 Å². The van der Waals surface area contributed by atoms with Gasteiger partial charge < -0.3 is 18.8 Å². The Hall–Kier alpha value is -2.50. The van der Waals surface area contributed by atoms with Gasteiger partial charge in [-0.1, -0.05) is 0 Å². The van der Waals surface area contributed by atoms with E-state index in [0.29, 0.717) is 38.4 Å². The summed E-state index contributed by atoms with van der Waals surface area (Å²) < 4.78 is 7.25. The van der Waals surface area contributed by atoms with E-state index < -0.39 is 0 Å². The summed E-state index contributed by atoms with van der Waals surface area (Å²) in [5, 5.41) is 0. The highest BCUT2D eigenvalue weighted by molar-refractivity contribution is 5.91. The minimum atomic E-state index is -0.110. The molecule has 0 radical (unpaired) electrons. The summed E-state index contributed by atoms with van der Waals surface area (Å²) in [6.07, 6.45) is 1.91. The van der Waals surface area contributed by atoms with Crippen LogP contribution in [0.25, 0.3) is 0 Å². The van der Waals surface area contributed by atoms with Gasteiger partial charge in [-0.05, 0) is 37.6 Å². The van der Waals surface area contributed by atoms with Gasteiger partial charge in [0.1, 0.15) is 0 Å². The molecule has 1 aliphatic rings. The Kier molecular flexibility index (Phi) is 4.46. The van der Waals surface area contributed by atoms with Gasteiger partial charge >= 0.3 is 0 Å². The fourth-order valence-corrected chi connectivity index (χ4v) is 3.10. The Bertz CT molecular complexity index is 738. The molecule has 3 rings (SSSR count). The summed E-state index contributed by atoms with van der Waals surface area (Å²) in [4.78, 5) is 28.4. The normalized spacial score (nSPS) is 15.0. The van der Waals surface area contributed by atoms with E-state index in [1.165, 1.54) is 6.26 Å². The van der Waals surface area contributed by atoms with Gasteiger partial charge in [0.15, 0.2) is 5.76 Å². The van der Waals surface area contributed by atoms with E-state index >= 15 is 0 Å². The predicted molar refractivity (Wildman–Crippen MR) is 89.8 cm³/mol. The number of rotatable bonds is 3. The zero-order valence-electron chi connectivity index (χ0n) is 14.4. The van der Waals surface area contributed by atoms with Gasteiger partial charge in [0.25, 0.3) is 5.91 Å². The summed E-state index contributed by atoms with van der Waals surface area (Å²) in [5.74, 6) is 0.362. The fraction of sp³-hybridized carbons (Fsp3) is 0.444. The van der Waals surface area contributed by atoms with Crippen molar-refractivity contribution < 1.29 is 14.0 Å². The van der Waals surface area contributed by atoms with Gasteiger partial charge in [-0.3, -0.25) is 9.59 Å². The lowest BCUT2D eigenvalue weighted by molar-refractivity contribution is -0.131. The van der Waals surface area contributed by atoms with Crippen molar-refractivity contribution in [3.05, 3.63) is 47.2 Å². The maximum absolute atomic E-state index is 12.5. The predicted octanol–water partition coefficient (Wildman–Crippen LogP) is 1.76. The minimum absolute atomic E-state index is 0.110. The summed E-state index contributed by atoms with van der Waals surface area (Å²) in [5.41, 5.74) is 3.37. The van der Waals surface area contributed by atoms with Crippen molar-refractivity contribution in [2.45, 2.75) is 20.3 Å². The molecule has 2 amide bonds. The zero-order chi connectivity index (χ0) is 17.3. The van der Waals surface area contributed by atoms with Crippen molar-refractivity contribution in [2.24, 2.45) is 7.05 Å². The largest absolute Gasteiger partial charge is 0.459 e. The Morgan fingerprint density at radius 1 is 1.12 bits per heavy atom. The van der Waals surface area contributed by atoms with Gasteiger partial charge in [-0.15, -0.1) is 0 Å². The summed E-state index contributed by atoms with van der Waals surface area (Å²) in [7, 11) is 2.01. The van der Waals surface area contributed by atoms with E-state index in [0.717, 1.165) is 17.0 Å². The first kappa shape index (κ1) is 16.4. The third-order valence-electron chi connectivity index (χ3n) is 4.87. The second-order valence-electron chi connectivity index (χ2n) is 6.28. The quantitative estimate of drug-likeness (QED) is 0.862. The van der Waals surface area contributed by atoms with E-state index in [1.807, 2.05) is 25.8 Å². The topological polar surface area (TPSA) is 58.7 Å². The number of hydrogen-bond acceptors (Lipinski definition) is 3. The molecule has 6 heteroatoms. The van der Waals surface area contributed by atoms with Crippen LogP contribution in [0.4, 0.5) is 0 Å². The standard InChI is InChI=1S/C18H23N3O3/c1-13-11-15(14(2)19(13)3)12-17(22)20-6-8-21(9-7-20)18(23)16-5-4-10-24-16/h4-5,10-11H,6-9,12H2,1-3H3. The van der Waals surface area contributed by atoms with Crippen LogP contribution in [0.5, 0.6) is 0 Å². The molecule has 0 aromatic carbocycles. The number of furan rings is 1. The molecule has 6 nitrogen and oxygen atoms in total. The third-order valence-corrected chi connectivity index (χ3v) is 4.87. The number of carbonyl (C=O) groups is 2. The van der Waals surface area contributed by atoms with Gasteiger partial charge in [0.2, 0.25) is 5.91 Å². The van der Waals surface area contributed by atoms with E-state index in [1.54, 1.807) is 17.0 Å². The molecular formula is C18H23N3O3. The van der Waals surface area contributed by atoms with Crippen LogP contribution in [0.2, 0.25) is 0 Å². The van der Waals surface area contributed by atoms with Gasteiger partial charge in [0, 0.05) is 44.6 Å². The average Bonchev–Trinajstić information content (AvgIpc) is 3.20. The average molecular weight is 329 g/mol. The van der Waals surface area contributed by atoms with Gasteiger partial charge in [0.05, 0.1) is 12.7 Å². The molecule has 3 heterocycles. The van der Waals surface area contributed by atoms with Crippen LogP contribution in [0.15, 0.2) is 28.9 Å². The molecule has 0 spiro atoms. The highest BCUT2D eigenvalue weighted by atomic mass is 16.3. The lowest BCUT2D eigenvalue weighted by Gasteiger charge is -2.34. The highest BCUT2D eigenvalue weighted by Gasteiger charge is 2.26. The van der Waals surface area contributed by atoms with Crippen LogP contribution in [-0.2, 0) is 18.3 Å². The molecular weight excluding hydrogens is 306 g/mol. The van der Waals surface area contributed by atoms with Gasteiger partial charge in [-0.2, -0.15) is 0 Å². The van der Waals surface area contributed by atoms with Crippen molar-refractivity contribution in [1.29, 1.82) is 0 Å². The van der Waals surface area contributed by atoms with Crippen molar-refractivity contribution in [1.82, 2.24) is 14.4 Å². The number of carbonyl (C=O) groups excluding carboxylic acids is 2. The van der Waals surface area contributed by atoms with E-state index in [4.69, 9.17) is 4.42 Å². The number of piperazine rings is 1. The molecule has 0 aliphatic carbocycles. The number of nitrogens with zero attached hydrogens (tertiary/aromatic N) is 3. The Balaban J connectivity index is 1.57. The number of aromatic nitrogens is 1. The molecule has 0 saturated carbocycles. The van der Waals surface area contributed by atoms with Crippen LogP contribution in [-0.4, -0.2) is 52.4 Å². The lowest BCUT2D eigenvalue weighted by atomic mass is 10.1. The number of amides is 2. The molecule has 0 bridgehead atoms. The van der Waals surface area contributed by atoms with Crippen molar-refractivity contribution in [3.63, 3.8) is 0 Å². The molecule has 0 atom stereocenters. The molecule has 0 N–H and O–H groups in total.